The molecule has 0 aliphatic heterocycles. The Kier molecular flexibility index (Phi) is 6.18. The van der Waals surface area contributed by atoms with Crippen LogP contribution in [-0.4, -0.2) is 32.7 Å². The Morgan fingerprint density at radius 2 is 1.95 bits per heavy atom. The van der Waals surface area contributed by atoms with Crippen molar-refractivity contribution in [3.05, 3.63) is 29.8 Å². The highest BCUT2D eigenvalue weighted by molar-refractivity contribution is 5.35. The van der Waals surface area contributed by atoms with E-state index in [1.165, 1.54) is 7.11 Å². The summed E-state index contributed by atoms with van der Waals surface area (Å²) in [4.78, 5) is 0. The van der Waals surface area contributed by atoms with Crippen LogP contribution < -0.4 is 16.0 Å². The predicted molar refractivity (Wildman–Crippen MR) is 64.8 cm³/mol. The summed E-state index contributed by atoms with van der Waals surface area (Å²) in [7, 11) is 1.44. The fourth-order valence-corrected chi connectivity index (χ4v) is 1.56. The van der Waals surface area contributed by atoms with Gasteiger partial charge in [0.2, 0.25) is 0 Å². The van der Waals surface area contributed by atoms with Gasteiger partial charge in [-0.05, 0) is 6.07 Å². The van der Waals surface area contributed by atoms with E-state index in [0.717, 1.165) is 0 Å². The molecule has 0 heterocycles. The van der Waals surface area contributed by atoms with Gasteiger partial charge in [0.25, 0.3) is 0 Å². The highest BCUT2D eigenvalue weighted by Crippen LogP contribution is 2.26. The normalized spacial score (nSPS) is 13.6. The van der Waals surface area contributed by atoms with E-state index in [1.54, 1.807) is 24.3 Å². The Hall–Kier alpha value is -1.38. The fourth-order valence-electron chi connectivity index (χ4n) is 1.56. The number of methoxy groups -OCH3 is 1. The van der Waals surface area contributed by atoms with Crippen LogP contribution in [0, 0.1) is 0 Å². The molecule has 1 aromatic carbocycles. The first kappa shape index (κ1) is 16.7. The Morgan fingerprint density at radius 3 is 2.50 bits per heavy atom. The molecule has 1 aromatic rings. The van der Waals surface area contributed by atoms with Crippen LogP contribution in [0.4, 0.5) is 17.6 Å². The summed E-state index contributed by atoms with van der Waals surface area (Å²) in [6, 6.07) is 6.10. The lowest BCUT2D eigenvalue weighted by molar-refractivity contribution is -0.167. The molecule has 0 saturated heterocycles. The van der Waals surface area contributed by atoms with Gasteiger partial charge in [-0.25, -0.2) is 8.78 Å². The molecule has 20 heavy (non-hydrogen) atoms. The minimum Gasteiger partial charge on any atom is -0.496 e. The minimum atomic E-state index is -4.18. The van der Waals surface area contributed by atoms with E-state index in [1.807, 2.05) is 0 Å². The number of halogens is 4. The van der Waals surface area contributed by atoms with Crippen molar-refractivity contribution in [2.45, 2.75) is 18.4 Å². The van der Waals surface area contributed by atoms with Gasteiger partial charge in [0, 0.05) is 5.56 Å². The molecular formula is C12H16F4N2O2. The molecule has 1 rings (SSSR count). The predicted octanol–water partition coefficient (Wildman–Crippen LogP) is 2.12. The van der Waals surface area contributed by atoms with Crippen LogP contribution in [0.2, 0.25) is 0 Å². The van der Waals surface area contributed by atoms with Gasteiger partial charge in [-0.1, -0.05) is 18.2 Å². The van der Waals surface area contributed by atoms with E-state index in [9.17, 15) is 17.6 Å². The first-order valence-electron chi connectivity index (χ1n) is 5.75. The largest absolute Gasteiger partial charge is 0.496 e. The number of nitrogens with one attached hydrogen (secondary N) is 1. The molecule has 0 spiro atoms. The number of hydrogen-bond donors (Lipinski definition) is 2. The van der Waals surface area contributed by atoms with E-state index in [4.69, 9.17) is 10.6 Å². The highest BCUT2D eigenvalue weighted by atomic mass is 19.3. The van der Waals surface area contributed by atoms with E-state index >= 15 is 0 Å². The summed E-state index contributed by atoms with van der Waals surface area (Å²) in [6.45, 7) is -1.67. The van der Waals surface area contributed by atoms with Crippen molar-refractivity contribution in [1.29, 1.82) is 0 Å². The fraction of sp³-hybridized carbons (Fsp3) is 0.500. The van der Waals surface area contributed by atoms with E-state index in [2.05, 4.69) is 10.2 Å². The molecule has 8 heteroatoms. The quantitative estimate of drug-likeness (QED) is 0.438. The Labute approximate surface area is 113 Å². The van der Waals surface area contributed by atoms with Gasteiger partial charge in [0.15, 0.2) is 0 Å². The Bertz CT molecular complexity index is 418. The highest BCUT2D eigenvalue weighted by Gasteiger charge is 2.41. The Morgan fingerprint density at radius 1 is 1.30 bits per heavy atom. The van der Waals surface area contributed by atoms with E-state index in [-0.39, 0.29) is 6.61 Å². The molecule has 0 radical (unpaired) electrons. The Balaban J connectivity index is 2.64. The maximum absolute atomic E-state index is 12.7. The third kappa shape index (κ3) is 4.32. The maximum Gasteiger partial charge on any atom is 0.330 e. The topological polar surface area (TPSA) is 56.5 Å². The molecule has 3 N–H and O–H groups in total. The minimum absolute atomic E-state index is 0.292. The first-order valence-corrected chi connectivity index (χ1v) is 5.75. The number of rotatable bonds is 8. The van der Waals surface area contributed by atoms with Gasteiger partial charge < -0.3 is 9.47 Å². The van der Waals surface area contributed by atoms with Gasteiger partial charge in [0.1, 0.15) is 12.4 Å². The summed E-state index contributed by atoms with van der Waals surface area (Å²) in [5, 5.41) is 0. The number of hydrazine groups is 1. The van der Waals surface area contributed by atoms with Crippen molar-refractivity contribution < 1.29 is 27.0 Å². The molecular weight excluding hydrogens is 280 g/mol. The van der Waals surface area contributed by atoms with Crippen molar-refractivity contribution in [2.75, 3.05) is 20.3 Å². The molecule has 1 atom stereocenters. The number of para-hydroxylation sites is 1. The lowest BCUT2D eigenvalue weighted by Gasteiger charge is -2.21. The number of nitrogens with two attached hydrogens (primary N) is 1. The third-order valence-electron chi connectivity index (χ3n) is 2.61. The molecule has 0 amide bonds. The van der Waals surface area contributed by atoms with Crippen LogP contribution in [0.1, 0.15) is 11.6 Å². The summed E-state index contributed by atoms with van der Waals surface area (Å²) in [5.74, 6) is 1.62. The summed E-state index contributed by atoms with van der Waals surface area (Å²) in [5.41, 5.74) is 2.95. The molecule has 0 fully saturated rings. The molecule has 0 aliphatic carbocycles. The van der Waals surface area contributed by atoms with Gasteiger partial charge in [-0.2, -0.15) is 8.78 Å². The second kappa shape index (κ2) is 7.41. The zero-order valence-electron chi connectivity index (χ0n) is 10.8. The van der Waals surface area contributed by atoms with Gasteiger partial charge in [0.05, 0.1) is 19.8 Å². The van der Waals surface area contributed by atoms with Crippen LogP contribution in [0.15, 0.2) is 24.3 Å². The summed E-state index contributed by atoms with van der Waals surface area (Å²) >= 11 is 0. The smallest absolute Gasteiger partial charge is 0.330 e. The van der Waals surface area contributed by atoms with E-state index in [0.29, 0.717) is 11.3 Å². The molecule has 0 aromatic heterocycles. The zero-order chi connectivity index (χ0) is 15.2. The number of benzene rings is 1. The van der Waals surface area contributed by atoms with Crippen LogP contribution in [0.3, 0.4) is 0 Å². The maximum atomic E-state index is 12.7. The lowest BCUT2D eigenvalue weighted by Crippen LogP contribution is -2.36. The molecule has 0 bridgehead atoms. The van der Waals surface area contributed by atoms with E-state index < -0.39 is 25.0 Å². The lowest BCUT2D eigenvalue weighted by atomic mass is 10.1. The molecule has 114 valence electrons. The van der Waals surface area contributed by atoms with Crippen molar-refractivity contribution in [3.63, 3.8) is 0 Å². The first-order chi connectivity index (χ1) is 9.42. The standard InChI is InChI=1S/C12H16F4N2O2/c1-19-10-5-3-2-4-8(10)9(18-17)6-20-7-12(15,16)11(13)14/h2-5,9,11,18H,6-7,17H2,1H3. The molecule has 1 unspecified atom stereocenters. The second-order valence-electron chi connectivity index (χ2n) is 4.04. The van der Waals surface area contributed by atoms with Crippen LogP contribution >= 0.6 is 0 Å². The van der Waals surface area contributed by atoms with Gasteiger partial charge in [-0.15, -0.1) is 0 Å². The van der Waals surface area contributed by atoms with Crippen LogP contribution in [0.25, 0.3) is 0 Å². The van der Waals surface area contributed by atoms with Gasteiger partial charge >= 0.3 is 12.3 Å². The molecule has 0 saturated carbocycles. The monoisotopic (exact) mass is 296 g/mol. The average Bonchev–Trinajstić information content (AvgIpc) is 2.43. The van der Waals surface area contributed by atoms with Crippen molar-refractivity contribution in [3.8, 4) is 5.75 Å². The molecule has 0 aliphatic rings. The number of alkyl halides is 4. The third-order valence-corrected chi connectivity index (χ3v) is 2.61. The SMILES string of the molecule is COc1ccccc1C(COCC(F)(F)C(F)F)NN. The molecule has 4 nitrogen and oxygen atoms in total. The summed E-state index contributed by atoms with van der Waals surface area (Å²) in [6.07, 6.45) is -3.77. The average molecular weight is 296 g/mol. The van der Waals surface area contributed by atoms with Crippen LogP contribution in [0.5, 0.6) is 5.75 Å². The summed E-state index contributed by atoms with van der Waals surface area (Å²) < 4.78 is 59.1. The number of ether oxygens (including phenoxy) is 2. The van der Waals surface area contributed by atoms with Gasteiger partial charge in [-0.3, -0.25) is 11.3 Å². The van der Waals surface area contributed by atoms with Crippen LogP contribution in [-0.2, 0) is 4.74 Å². The number of hydrogen-bond acceptors (Lipinski definition) is 4. The second-order valence-corrected chi connectivity index (χ2v) is 4.04. The van der Waals surface area contributed by atoms with Crippen molar-refractivity contribution in [1.82, 2.24) is 5.43 Å². The van der Waals surface area contributed by atoms with Crippen molar-refractivity contribution >= 4 is 0 Å². The van der Waals surface area contributed by atoms with Crippen molar-refractivity contribution in [2.24, 2.45) is 5.84 Å². The zero-order valence-corrected chi connectivity index (χ0v) is 10.8.